The second-order valence-corrected chi connectivity index (χ2v) is 11.2. The van der Waals surface area contributed by atoms with E-state index in [-0.39, 0.29) is 0 Å². The average molecular weight is 516 g/mol. The molecule has 0 fully saturated rings. The van der Waals surface area contributed by atoms with Crippen LogP contribution >= 0.6 is 11.3 Å². The minimum atomic E-state index is 0.921. The molecule has 3 heterocycles. The number of hydrogen-bond donors (Lipinski definition) is 0. The van der Waals surface area contributed by atoms with Gasteiger partial charge in [-0.1, -0.05) is 78.9 Å². The topological polar surface area (TPSA) is 18.1 Å². The summed E-state index contributed by atoms with van der Waals surface area (Å²) in [5.41, 5.74) is 7.94. The van der Waals surface area contributed by atoms with E-state index in [4.69, 9.17) is 4.42 Å². The Hall–Kier alpha value is -4.86. The van der Waals surface area contributed by atoms with Crippen LogP contribution < -0.4 is 0 Å². The molecule has 6 aromatic carbocycles. The molecule has 2 nitrogen and oxygen atoms in total. The van der Waals surface area contributed by atoms with E-state index < -0.39 is 0 Å². The van der Waals surface area contributed by atoms with E-state index in [0.717, 1.165) is 21.9 Å². The number of rotatable bonds is 2. The Morgan fingerprint density at radius 1 is 0.564 bits per heavy atom. The summed E-state index contributed by atoms with van der Waals surface area (Å²) in [4.78, 5) is 0. The number of para-hydroxylation sites is 2. The van der Waals surface area contributed by atoms with Crippen molar-refractivity contribution in [1.29, 1.82) is 0 Å². The third kappa shape index (κ3) is 2.96. The van der Waals surface area contributed by atoms with Crippen LogP contribution in [-0.2, 0) is 0 Å². The van der Waals surface area contributed by atoms with Crippen LogP contribution in [0, 0.1) is 0 Å². The van der Waals surface area contributed by atoms with Gasteiger partial charge in [0.15, 0.2) is 0 Å². The Morgan fingerprint density at radius 2 is 1.33 bits per heavy atom. The second kappa shape index (κ2) is 7.83. The lowest BCUT2D eigenvalue weighted by atomic mass is 9.99. The minimum Gasteiger partial charge on any atom is -0.456 e. The van der Waals surface area contributed by atoms with Gasteiger partial charge in [-0.15, -0.1) is 11.3 Å². The second-order valence-electron chi connectivity index (χ2n) is 10.2. The molecule has 0 amide bonds. The van der Waals surface area contributed by atoms with Crippen molar-refractivity contribution in [2.24, 2.45) is 0 Å². The number of benzene rings is 6. The van der Waals surface area contributed by atoms with Gasteiger partial charge in [0.05, 0.1) is 15.7 Å². The molecular weight excluding hydrogens is 494 g/mol. The molecular formula is C36H21NOS. The van der Waals surface area contributed by atoms with Gasteiger partial charge in [-0.3, -0.25) is 0 Å². The van der Waals surface area contributed by atoms with E-state index in [9.17, 15) is 0 Å². The van der Waals surface area contributed by atoms with Crippen molar-refractivity contribution in [3.8, 4) is 16.8 Å². The highest BCUT2D eigenvalue weighted by atomic mass is 32.1. The quantitative estimate of drug-likeness (QED) is 0.224. The van der Waals surface area contributed by atoms with Crippen LogP contribution in [0.1, 0.15) is 0 Å². The maximum atomic E-state index is 6.44. The van der Waals surface area contributed by atoms with Crippen LogP contribution in [0.4, 0.5) is 0 Å². The molecule has 0 aliphatic heterocycles. The first-order valence-corrected chi connectivity index (χ1v) is 14.0. The molecule has 3 aromatic heterocycles. The van der Waals surface area contributed by atoms with E-state index in [0.29, 0.717) is 0 Å². The minimum absolute atomic E-state index is 0.921. The van der Waals surface area contributed by atoms with Crippen LogP contribution in [0.15, 0.2) is 132 Å². The number of fused-ring (bicyclic) bond motifs is 9. The highest BCUT2D eigenvalue weighted by Crippen LogP contribution is 2.46. The van der Waals surface area contributed by atoms with Gasteiger partial charge in [0, 0.05) is 31.9 Å². The lowest BCUT2D eigenvalue weighted by Gasteiger charge is -2.10. The van der Waals surface area contributed by atoms with E-state index in [1.54, 1.807) is 0 Å². The average Bonchev–Trinajstić information content (AvgIpc) is 3.64. The van der Waals surface area contributed by atoms with Crippen LogP contribution in [-0.4, -0.2) is 4.57 Å². The molecule has 0 N–H and O–H groups in total. The van der Waals surface area contributed by atoms with Gasteiger partial charge >= 0.3 is 0 Å². The monoisotopic (exact) mass is 515 g/mol. The number of furan rings is 1. The van der Waals surface area contributed by atoms with Crippen molar-refractivity contribution < 1.29 is 4.42 Å². The fourth-order valence-electron chi connectivity index (χ4n) is 6.22. The molecule has 0 spiro atoms. The van der Waals surface area contributed by atoms with Gasteiger partial charge < -0.3 is 8.98 Å². The zero-order chi connectivity index (χ0) is 25.5. The molecule has 0 saturated carbocycles. The van der Waals surface area contributed by atoms with Crippen LogP contribution in [0.25, 0.3) is 80.7 Å². The lowest BCUT2D eigenvalue weighted by Crippen LogP contribution is -1.93. The summed E-state index contributed by atoms with van der Waals surface area (Å²) >= 11 is 1.88. The van der Waals surface area contributed by atoms with Crippen LogP contribution in [0.3, 0.4) is 0 Å². The van der Waals surface area contributed by atoms with Gasteiger partial charge in [-0.25, -0.2) is 0 Å². The molecule has 0 aliphatic carbocycles. The molecule has 0 unspecified atom stereocenters. The SMILES string of the molecule is c1ccc(-n2c3ccccc3c3sc4cccc(-c5ccc6c(c5)oc5cc7ccccc7cc56)c4c32)cc1. The molecule has 0 atom stereocenters. The first-order chi connectivity index (χ1) is 19.3. The standard InChI is InChI=1S/C36H21NOS/c1-2-11-25(12-3-1)37-30-15-7-6-13-28(30)36-35(37)34-26(14-8-16-33(34)39-36)24-17-18-27-29-19-22-9-4-5-10-23(22)20-32(29)38-31(27)21-24/h1-21H. The Balaban J connectivity index is 1.36. The third-order valence-electron chi connectivity index (χ3n) is 7.97. The van der Waals surface area contributed by atoms with E-state index in [1.807, 2.05) is 11.3 Å². The van der Waals surface area contributed by atoms with E-state index >= 15 is 0 Å². The predicted molar refractivity (Wildman–Crippen MR) is 166 cm³/mol. The van der Waals surface area contributed by atoms with Gasteiger partial charge in [0.2, 0.25) is 0 Å². The maximum Gasteiger partial charge on any atom is 0.136 e. The molecule has 9 aromatic rings. The van der Waals surface area contributed by atoms with Crippen molar-refractivity contribution in [2.45, 2.75) is 0 Å². The smallest absolute Gasteiger partial charge is 0.136 e. The summed E-state index contributed by atoms with van der Waals surface area (Å²) < 4.78 is 11.5. The lowest BCUT2D eigenvalue weighted by molar-refractivity contribution is 0.669. The Kier molecular flexibility index (Phi) is 4.24. The summed E-state index contributed by atoms with van der Waals surface area (Å²) in [6.45, 7) is 0. The summed E-state index contributed by atoms with van der Waals surface area (Å²) in [5, 5.41) is 7.33. The van der Waals surface area contributed by atoms with Gasteiger partial charge in [0.1, 0.15) is 11.2 Å². The molecule has 0 aliphatic rings. The van der Waals surface area contributed by atoms with E-state index in [1.165, 1.54) is 58.8 Å². The number of hydrogen-bond acceptors (Lipinski definition) is 2. The Bertz CT molecular complexity index is 2390. The molecule has 39 heavy (non-hydrogen) atoms. The largest absolute Gasteiger partial charge is 0.456 e. The fourth-order valence-corrected chi connectivity index (χ4v) is 7.47. The summed E-state index contributed by atoms with van der Waals surface area (Å²) in [7, 11) is 0. The van der Waals surface area contributed by atoms with Crippen LogP contribution in [0.2, 0.25) is 0 Å². The molecule has 0 radical (unpaired) electrons. The summed E-state index contributed by atoms with van der Waals surface area (Å²) in [6.07, 6.45) is 0. The molecule has 9 rings (SSSR count). The van der Waals surface area contributed by atoms with Crippen molar-refractivity contribution in [2.75, 3.05) is 0 Å². The Labute approximate surface area is 227 Å². The van der Waals surface area contributed by atoms with Crippen molar-refractivity contribution in [1.82, 2.24) is 4.57 Å². The maximum absolute atomic E-state index is 6.44. The number of thiophene rings is 1. The van der Waals surface area contributed by atoms with Gasteiger partial charge in [-0.2, -0.15) is 0 Å². The van der Waals surface area contributed by atoms with Crippen molar-refractivity contribution in [3.63, 3.8) is 0 Å². The summed E-state index contributed by atoms with van der Waals surface area (Å²) in [5.74, 6) is 0. The van der Waals surface area contributed by atoms with Gasteiger partial charge in [-0.05, 0) is 70.4 Å². The van der Waals surface area contributed by atoms with Gasteiger partial charge in [0.25, 0.3) is 0 Å². The molecule has 3 heteroatoms. The fraction of sp³-hybridized carbons (Fsp3) is 0. The molecule has 0 bridgehead atoms. The first kappa shape index (κ1) is 21.1. The predicted octanol–water partition coefficient (Wildman–Crippen LogP) is 10.7. The van der Waals surface area contributed by atoms with E-state index in [2.05, 4.69) is 132 Å². The van der Waals surface area contributed by atoms with Crippen molar-refractivity contribution in [3.05, 3.63) is 127 Å². The summed E-state index contributed by atoms with van der Waals surface area (Å²) in [6, 6.07) is 45.7. The third-order valence-corrected chi connectivity index (χ3v) is 9.15. The van der Waals surface area contributed by atoms with Crippen molar-refractivity contribution >= 4 is 75.3 Å². The first-order valence-electron chi connectivity index (χ1n) is 13.2. The van der Waals surface area contributed by atoms with Crippen LogP contribution in [0.5, 0.6) is 0 Å². The highest BCUT2D eigenvalue weighted by Gasteiger charge is 2.20. The Morgan fingerprint density at radius 3 is 2.23 bits per heavy atom. The zero-order valence-electron chi connectivity index (χ0n) is 20.9. The normalized spacial score (nSPS) is 12.1. The zero-order valence-corrected chi connectivity index (χ0v) is 21.7. The molecule has 0 saturated heterocycles. The highest BCUT2D eigenvalue weighted by molar-refractivity contribution is 7.26. The number of aromatic nitrogens is 1. The molecule has 182 valence electrons. The number of nitrogens with zero attached hydrogens (tertiary/aromatic N) is 1.